The molecule has 7 amide bonds. The number of carboxylic acid groups (broad SMARTS) is 1. The van der Waals surface area contributed by atoms with E-state index in [-0.39, 0.29) is 32.1 Å². The van der Waals surface area contributed by atoms with Crippen LogP contribution in [0.3, 0.4) is 0 Å². The number of amides is 7. The number of hydrogen-bond acceptors (Lipinski definition) is 11. The van der Waals surface area contributed by atoms with Crippen LogP contribution < -0.4 is 37.6 Å². The van der Waals surface area contributed by atoms with Gasteiger partial charge in [0.25, 0.3) is 0 Å². The van der Waals surface area contributed by atoms with E-state index in [9.17, 15) is 58.8 Å². The van der Waals surface area contributed by atoms with Crippen molar-refractivity contribution in [1.82, 2.24) is 36.9 Å². The highest BCUT2D eigenvalue weighted by molar-refractivity contribution is 5.97. The number of primary amides is 1. The van der Waals surface area contributed by atoms with Crippen LogP contribution in [-0.4, -0.2) is 127 Å². The number of aliphatic hydroxyl groups is 3. The van der Waals surface area contributed by atoms with Crippen LogP contribution in [-0.2, 0) is 44.8 Å². The van der Waals surface area contributed by atoms with E-state index in [2.05, 4.69) is 36.9 Å². The molecule has 0 bridgehead atoms. The molecule has 0 saturated heterocycles. The van der Waals surface area contributed by atoms with Crippen molar-refractivity contribution in [2.24, 2.45) is 17.6 Å². The van der Waals surface area contributed by atoms with E-state index in [1.54, 1.807) is 58.2 Å². The van der Waals surface area contributed by atoms with Gasteiger partial charge in [0.15, 0.2) is 0 Å². The number of nitrogens with one attached hydrogen (secondary N) is 7. The van der Waals surface area contributed by atoms with Crippen LogP contribution >= 0.6 is 0 Å². The summed E-state index contributed by atoms with van der Waals surface area (Å²) in [5.74, 6) is -9.00. The number of hydrogen-bond donors (Lipinski definition) is 12. The van der Waals surface area contributed by atoms with Crippen molar-refractivity contribution in [2.75, 3.05) is 0 Å². The van der Waals surface area contributed by atoms with Crippen LogP contribution in [0, 0.1) is 11.8 Å². The summed E-state index contributed by atoms with van der Waals surface area (Å²) in [4.78, 5) is 107. The predicted octanol–water partition coefficient (Wildman–Crippen LogP) is -1.80. The molecule has 0 aliphatic heterocycles. The van der Waals surface area contributed by atoms with Gasteiger partial charge in [0.1, 0.15) is 42.4 Å². The van der Waals surface area contributed by atoms with Gasteiger partial charge in [0, 0.05) is 36.9 Å². The molecule has 0 fully saturated rings. The van der Waals surface area contributed by atoms with Crippen molar-refractivity contribution in [1.29, 1.82) is 0 Å². The van der Waals surface area contributed by atoms with Crippen LogP contribution in [0.4, 0.5) is 0 Å². The zero-order valence-corrected chi connectivity index (χ0v) is 34.4. The highest BCUT2D eigenvalue weighted by Crippen LogP contribution is 2.20. The van der Waals surface area contributed by atoms with Gasteiger partial charge in [-0.05, 0) is 43.2 Å². The second-order valence-electron chi connectivity index (χ2n) is 15.0. The molecule has 59 heavy (non-hydrogen) atoms. The fourth-order valence-electron chi connectivity index (χ4n) is 6.17. The number of aromatic amines is 1. The molecule has 1 aromatic heterocycles. The summed E-state index contributed by atoms with van der Waals surface area (Å²) < 4.78 is 0. The molecule has 20 heteroatoms. The van der Waals surface area contributed by atoms with Gasteiger partial charge in [-0.25, -0.2) is 4.79 Å². The minimum Gasteiger partial charge on any atom is -0.480 e. The Bertz CT molecular complexity index is 1800. The standard InChI is InChI=1S/C39H60N8O12/c1-8-19(5)30(46-34(53)25(14-15-28(40)51)43-37(56)31(20(6)48)42-21(7)49)36(55)47-32(33(52)27(50)9-2)38(57)44-26(35(54)45-29(18(3)4)39(58)59)16-22-17-41-24-13-11-10-12-23(22)24/h10-13,17-20,25-27,29-33,41,48,50,52H,8-9,14-16H2,1-7H3,(H2,40,51)(H,42,49)(H,43,56)(H,44,57)(H,45,54)(H,46,53)(H,47,55)(H,58,59)/t19-,20+,25-,26-,27?,29-,30-,31-,32-,33-/m0/s1. The molecule has 1 aromatic carbocycles. The lowest BCUT2D eigenvalue weighted by Crippen LogP contribution is -2.64. The molecule has 2 aromatic rings. The number of nitrogens with two attached hydrogens (primary N) is 1. The number of benzene rings is 1. The number of fused-ring (bicyclic) bond motifs is 1. The largest absolute Gasteiger partial charge is 0.480 e. The first-order valence-electron chi connectivity index (χ1n) is 19.5. The summed E-state index contributed by atoms with van der Waals surface area (Å²) in [6, 6.07) is -2.08. The molecule has 0 radical (unpaired) electrons. The molecule has 0 aliphatic carbocycles. The quantitative estimate of drug-likeness (QED) is 0.0558. The Kier molecular flexibility index (Phi) is 19.4. The summed E-state index contributed by atoms with van der Waals surface area (Å²) in [6.07, 6.45) is -4.01. The molecule has 2 rings (SSSR count). The van der Waals surface area contributed by atoms with E-state index in [0.29, 0.717) is 10.9 Å². The Balaban J connectivity index is 2.51. The Hall–Kier alpha value is -5.60. The molecule has 13 N–H and O–H groups in total. The van der Waals surface area contributed by atoms with Gasteiger partial charge < -0.3 is 63.0 Å². The monoisotopic (exact) mass is 832 g/mol. The Labute approximate surface area is 342 Å². The average Bonchev–Trinajstić information content (AvgIpc) is 3.58. The number of carbonyl (C=O) groups is 8. The van der Waals surface area contributed by atoms with Crippen LogP contribution in [0.2, 0.25) is 0 Å². The van der Waals surface area contributed by atoms with Gasteiger partial charge in [0.2, 0.25) is 41.4 Å². The smallest absolute Gasteiger partial charge is 0.326 e. The van der Waals surface area contributed by atoms with E-state index in [1.807, 2.05) is 0 Å². The van der Waals surface area contributed by atoms with E-state index in [0.717, 1.165) is 12.4 Å². The SMILES string of the molecule is CCC(O)[C@H](O)[C@H](NC(=O)[C@@H](NC(=O)[C@H](CCC(N)=O)NC(=O)[C@@H](NC(C)=O)[C@@H](C)O)[C@@H](C)CC)C(=O)N[C@@H](Cc1c[nH]c2ccccc12)C(=O)N[C@H](C(=O)O)C(C)C. The molecule has 0 aliphatic rings. The zero-order valence-electron chi connectivity index (χ0n) is 34.4. The molecule has 0 saturated carbocycles. The Morgan fingerprint density at radius 2 is 1.24 bits per heavy atom. The second kappa shape index (κ2) is 23.1. The first kappa shape index (κ1) is 49.5. The van der Waals surface area contributed by atoms with E-state index < -0.39 is 114 Å². The third kappa shape index (κ3) is 14.6. The lowest BCUT2D eigenvalue weighted by molar-refractivity contribution is -0.144. The molecule has 1 heterocycles. The second-order valence-corrected chi connectivity index (χ2v) is 15.0. The molecular formula is C39H60N8O12. The van der Waals surface area contributed by atoms with Gasteiger partial charge in [-0.15, -0.1) is 0 Å². The number of carbonyl (C=O) groups excluding carboxylic acids is 7. The van der Waals surface area contributed by atoms with Crippen LogP contribution in [0.25, 0.3) is 10.9 Å². The van der Waals surface area contributed by atoms with Crippen molar-refractivity contribution in [2.45, 2.75) is 135 Å². The number of aromatic nitrogens is 1. The van der Waals surface area contributed by atoms with Gasteiger partial charge in [-0.1, -0.05) is 59.2 Å². The minimum absolute atomic E-state index is 0.0759. The first-order chi connectivity index (χ1) is 27.6. The Morgan fingerprint density at radius 3 is 1.78 bits per heavy atom. The molecule has 328 valence electrons. The van der Waals surface area contributed by atoms with E-state index in [1.165, 1.54) is 13.8 Å². The van der Waals surface area contributed by atoms with Crippen molar-refractivity contribution < 1.29 is 58.8 Å². The number of H-pyrrole nitrogens is 1. The summed E-state index contributed by atoms with van der Waals surface area (Å²) in [7, 11) is 0. The van der Waals surface area contributed by atoms with E-state index >= 15 is 0 Å². The van der Waals surface area contributed by atoms with Crippen LogP contribution in [0.1, 0.15) is 79.7 Å². The van der Waals surface area contributed by atoms with Gasteiger partial charge in [-0.2, -0.15) is 0 Å². The summed E-state index contributed by atoms with van der Waals surface area (Å²) in [6.45, 7) is 10.3. The van der Waals surface area contributed by atoms with Crippen molar-refractivity contribution in [3.63, 3.8) is 0 Å². The zero-order chi connectivity index (χ0) is 44.7. The maximum absolute atomic E-state index is 14.1. The number of aliphatic hydroxyl groups excluding tert-OH is 3. The average molecular weight is 833 g/mol. The van der Waals surface area contributed by atoms with Crippen LogP contribution in [0.15, 0.2) is 30.5 Å². The molecule has 0 spiro atoms. The normalized spacial score (nSPS) is 16.5. The number of rotatable bonds is 24. The minimum atomic E-state index is -1.95. The fraction of sp³-hybridized carbons (Fsp3) is 0.590. The summed E-state index contributed by atoms with van der Waals surface area (Å²) >= 11 is 0. The molecular weight excluding hydrogens is 772 g/mol. The molecule has 1 unspecified atom stereocenters. The van der Waals surface area contributed by atoms with Crippen LogP contribution in [0.5, 0.6) is 0 Å². The van der Waals surface area contributed by atoms with Crippen molar-refractivity contribution in [3.8, 4) is 0 Å². The predicted molar refractivity (Wildman–Crippen MR) is 214 cm³/mol. The maximum Gasteiger partial charge on any atom is 0.326 e. The van der Waals surface area contributed by atoms with Gasteiger partial charge in [-0.3, -0.25) is 33.6 Å². The van der Waals surface area contributed by atoms with Gasteiger partial charge >= 0.3 is 5.97 Å². The van der Waals surface area contributed by atoms with Crippen molar-refractivity contribution >= 4 is 58.2 Å². The van der Waals surface area contributed by atoms with Crippen molar-refractivity contribution in [3.05, 3.63) is 36.0 Å². The van der Waals surface area contributed by atoms with Gasteiger partial charge in [0.05, 0.1) is 12.2 Å². The summed E-state index contributed by atoms with van der Waals surface area (Å²) in [5, 5.41) is 57.0. The lowest BCUT2D eigenvalue weighted by Gasteiger charge is -2.32. The van der Waals surface area contributed by atoms with E-state index in [4.69, 9.17) is 5.73 Å². The number of aliphatic carboxylic acids is 1. The summed E-state index contributed by atoms with van der Waals surface area (Å²) in [5.41, 5.74) is 6.59. The topological polar surface area (TPSA) is 331 Å². The highest BCUT2D eigenvalue weighted by atomic mass is 16.4. The highest BCUT2D eigenvalue weighted by Gasteiger charge is 2.39. The molecule has 20 nitrogen and oxygen atoms in total. The first-order valence-corrected chi connectivity index (χ1v) is 19.5. The third-order valence-corrected chi connectivity index (χ3v) is 9.93. The Morgan fingerprint density at radius 1 is 0.695 bits per heavy atom. The molecule has 10 atom stereocenters. The lowest BCUT2D eigenvalue weighted by atomic mass is 9.95. The fourth-order valence-corrected chi connectivity index (χ4v) is 6.17. The third-order valence-electron chi connectivity index (χ3n) is 9.93. The number of para-hydroxylation sites is 1. The number of carboxylic acids is 1. The maximum atomic E-state index is 14.1.